The van der Waals surface area contributed by atoms with Gasteiger partial charge in [-0.25, -0.2) is 0 Å². The maximum absolute atomic E-state index is 6.51. The van der Waals surface area contributed by atoms with Crippen LogP contribution in [-0.4, -0.2) is 19.7 Å². The molecule has 4 aromatic rings. The summed E-state index contributed by atoms with van der Waals surface area (Å²) in [6.45, 7) is 0. The van der Waals surface area contributed by atoms with Gasteiger partial charge in [0.05, 0.1) is 6.04 Å². The van der Waals surface area contributed by atoms with Crippen molar-refractivity contribution < 1.29 is 0 Å². The zero-order valence-electron chi connectivity index (χ0n) is 13.4. The molecule has 0 radical (unpaired) electrons. The van der Waals surface area contributed by atoms with Crippen molar-refractivity contribution in [2.24, 2.45) is 0 Å². The normalized spacial score (nSPS) is 12.3. The van der Waals surface area contributed by atoms with E-state index in [0.717, 1.165) is 22.3 Å². The average molecular weight is 404 g/mol. The van der Waals surface area contributed by atoms with Crippen LogP contribution in [0.3, 0.4) is 0 Å². The third-order valence-corrected chi connectivity index (χ3v) is 5.03. The predicted octanol–water partition coefficient (Wildman–Crippen LogP) is 5.87. The minimum absolute atomic E-state index is 0.202. The summed E-state index contributed by atoms with van der Waals surface area (Å²) in [6, 6.07) is 13.0. The van der Waals surface area contributed by atoms with Crippen molar-refractivity contribution in [3.05, 3.63) is 93.7 Å². The van der Waals surface area contributed by atoms with Crippen molar-refractivity contribution in [2.75, 3.05) is 0 Å². The van der Waals surface area contributed by atoms with Gasteiger partial charge in [0.2, 0.25) is 0 Å². The fourth-order valence-corrected chi connectivity index (χ4v) is 3.67. The summed E-state index contributed by atoms with van der Waals surface area (Å²) in [5.74, 6) is 0. The molecular weight excluding hydrogens is 391 g/mol. The van der Waals surface area contributed by atoms with Gasteiger partial charge >= 0.3 is 0 Å². The molecule has 0 saturated carbocycles. The molecule has 0 spiro atoms. The van der Waals surface area contributed by atoms with Crippen LogP contribution in [-0.2, 0) is 0 Å². The molecule has 0 aliphatic carbocycles. The highest BCUT2D eigenvalue weighted by molar-refractivity contribution is 6.35. The van der Waals surface area contributed by atoms with Crippen molar-refractivity contribution in [1.29, 1.82) is 0 Å². The summed E-state index contributed by atoms with van der Waals surface area (Å²) in [5, 5.41) is 9.78. The van der Waals surface area contributed by atoms with E-state index in [9.17, 15) is 0 Å². The van der Waals surface area contributed by atoms with E-state index in [2.05, 4.69) is 15.2 Å². The smallest absolute Gasteiger partial charge is 0.120 e. The molecule has 7 heteroatoms. The number of hydrogen-bond acceptors (Lipinski definition) is 2. The number of halogens is 3. The molecule has 0 bridgehead atoms. The number of nitrogens with one attached hydrogen (secondary N) is 1. The number of rotatable bonds is 4. The van der Waals surface area contributed by atoms with E-state index in [1.54, 1.807) is 18.7 Å². The Morgan fingerprint density at radius 3 is 2.19 bits per heavy atom. The number of H-pyrrole nitrogens is 1. The number of aromatic nitrogens is 4. The first-order chi connectivity index (χ1) is 12.6. The number of nitrogens with zero attached hydrogens (tertiary/aromatic N) is 3. The van der Waals surface area contributed by atoms with Crippen LogP contribution < -0.4 is 0 Å². The van der Waals surface area contributed by atoms with Crippen LogP contribution in [0.15, 0.2) is 67.5 Å². The molecule has 0 amide bonds. The Bertz CT molecular complexity index is 1020. The third-order valence-electron chi connectivity index (χ3n) is 4.22. The van der Waals surface area contributed by atoms with E-state index in [0.29, 0.717) is 15.1 Å². The van der Waals surface area contributed by atoms with Crippen LogP contribution in [0.1, 0.15) is 17.2 Å². The lowest BCUT2D eigenvalue weighted by molar-refractivity contribution is 0.676. The van der Waals surface area contributed by atoms with Crippen molar-refractivity contribution in [1.82, 2.24) is 19.7 Å². The monoisotopic (exact) mass is 402 g/mol. The van der Waals surface area contributed by atoms with Gasteiger partial charge in [-0.15, -0.1) is 10.2 Å². The zero-order chi connectivity index (χ0) is 18.1. The van der Waals surface area contributed by atoms with E-state index >= 15 is 0 Å². The van der Waals surface area contributed by atoms with Crippen LogP contribution in [0, 0.1) is 0 Å². The quantitative estimate of drug-likeness (QED) is 0.463. The molecule has 4 nitrogen and oxygen atoms in total. The minimum Gasteiger partial charge on any atom is -0.367 e. The van der Waals surface area contributed by atoms with Gasteiger partial charge in [-0.2, -0.15) is 0 Å². The Kier molecular flexibility index (Phi) is 4.72. The molecule has 2 aromatic carbocycles. The molecule has 0 saturated heterocycles. The summed E-state index contributed by atoms with van der Waals surface area (Å²) < 4.78 is 1.91. The highest BCUT2D eigenvalue weighted by Crippen LogP contribution is 2.38. The lowest BCUT2D eigenvalue weighted by Gasteiger charge is -2.21. The number of hydrogen-bond donors (Lipinski definition) is 1. The summed E-state index contributed by atoms with van der Waals surface area (Å²) in [4.78, 5) is 3.20. The first-order valence-corrected chi connectivity index (χ1v) is 8.98. The van der Waals surface area contributed by atoms with Gasteiger partial charge in [-0.1, -0.05) is 53.0 Å². The molecule has 0 aliphatic rings. The van der Waals surface area contributed by atoms with Gasteiger partial charge in [-0.3, -0.25) is 0 Å². The summed E-state index contributed by atoms with van der Waals surface area (Å²) in [7, 11) is 0. The SMILES string of the molecule is Clc1ccc(-c2c[nH]cc2[C@@H](c2ccc(Cl)cc2Cl)n2cnnc2)cc1. The fourth-order valence-electron chi connectivity index (χ4n) is 3.04. The summed E-state index contributed by atoms with van der Waals surface area (Å²) in [5.41, 5.74) is 4.04. The fraction of sp³-hybridized carbons (Fsp3) is 0.0526. The zero-order valence-corrected chi connectivity index (χ0v) is 15.7. The van der Waals surface area contributed by atoms with Crippen LogP contribution in [0.25, 0.3) is 11.1 Å². The lowest BCUT2D eigenvalue weighted by Crippen LogP contribution is -2.11. The van der Waals surface area contributed by atoms with Gasteiger partial charge in [0.25, 0.3) is 0 Å². The Labute approximate surface area is 165 Å². The second-order valence-electron chi connectivity index (χ2n) is 5.81. The minimum atomic E-state index is -0.202. The van der Waals surface area contributed by atoms with E-state index in [-0.39, 0.29) is 6.04 Å². The maximum Gasteiger partial charge on any atom is 0.120 e. The highest BCUT2D eigenvalue weighted by atomic mass is 35.5. The molecule has 0 unspecified atom stereocenters. The number of benzene rings is 2. The van der Waals surface area contributed by atoms with Crippen molar-refractivity contribution in [3.63, 3.8) is 0 Å². The molecule has 1 N–H and O–H groups in total. The molecule has 2 aromatic heterocycles. The molecule has 0 fully saturated rings. The largest absolute Gasteiger partial charge is 0.367 e. The van der Waals surface area contributed by atoms with Crippen LogP contribution in [0.2, 0.25) is 15.1 Å². The second-order valence-corrected chi connectivity index (χ2v) is 7.09. The maximum atomic E-state index is 6.51. The summed E-state index contributed by atoms with van der Waals surface area (Å²) in [6.07, 6.45) is 7.27. The Hall–Kier alpha value is -2.27. The Morgan fingerprint density at radius 2 is 1.50 bits per heavy atom. The standard InChI is InChI=1S/C19H13Cl3N4/c20-13-3-1-12(2-4-13)16-8-23-9-17(16)19(26-10-24-25-11-26)15-6-5-14(21)7-18(15)22/h1-11,19,23H/t19-/m1/s1. The van der Waals surface area contributed by atoms with Crippen molar-refractivity contribution >= 4 is 34.8 Å². The lowest BCUT2D eigenvalue weighted by atomic mass is 9.94. The molecule has 130 valence electrons. The van der Waals surface area contributed by atoms with Crippen LogP contribution >= 0.6 is 34.8 Å². The van der Waals surface area contributed by atoms with E-state index in [4.69, 9.17) is 34.8 Å². The average Bonchev–Trinajstić information content (AvgIpc) is 3.30. The Balaban J connectivity index is 1.89. The van der Waals surface area contributed by atoms with E-state index < -0.39 is 0 Å². The van der Waals surface area contributed by atoms with E-state index in [1.807, 2.05) is 53.4 Å². The van der Waals surface area contributed by atoms with Gasteiger partial charge in [0, 0.05) is 38.6 Å². The van der Waals surface area contributed by atoms with Gasteiger partial charge in [0.15, 0.2) is 0 Å². The first kappa shape index (κ1) is 17.2. The molecule has 26 heavy (non-hydrogen) atoms. The Morgan fingerprint density at radius 1 is 0.808 bits per heavy atom. The van der Waals surface area contributed by atoms with Crippen LogP contribution in [0.4, 0.5) is 0 Å². The van der Waals surface area contributed by atoms with Gasteiger partial charge < -0.3 is 9.55 Å². The highest BCUT2D eigenvalue weighted by Gasteiger charge is 2.23. The van der Waals surface area contributed by atoms with Crippen LogP contribution in [0.5, 0.6) is 0 Å². The first-order valence-electron chi connectivity index (χ1n) is 7.85. The predicted molar refractivity (Wildman–Crippen MR) is 105 cm³/mol. The van der Waals surface area contributed by atoms with E-state index in [1.165, 1.54) is 0 Å². The van der Waals surface area contributed by atoms with Crippen molar-refractivity contribution in [3.8, 4) is 11.1 Å². The molecule has 2 heterocycles. The van der Waals surface area contributed by atoms with Crippen molar-refractivity contribution in [2.45, 2.75) is 6.04 Å². The van der Waals surface area contributed by atoms with Gasteiger partial charge in [-0.05, 0) is 35.4 Å². The third kappa shape index (κ3) is 3.23. The number of aromatic amines is 1. The summed E-state index contributed by atoms with van der Waals surface area (Å²) >= 11 is 18.6. The molecule has 0 aliphatic heterocycles. The molecule has 1 atom stereocenters. The van der Waals surface area contributed by atoms with Gasteiger partial charge in [0.1, 0.15) is 12.7 Å². The topological polar surface area (TPSA) is 46.5 Å². The second kappa shape index (κ2) is 7.16. The molecular formula is C19H13Cl3N4. The molecule has 4 rings (SSSR count).